The molecule has 0 unspecified atom stereocenters. The summed E-state index contributed by atoms with van der Waals surface area (Å²) in [5.41, 5.74) is 2.66. The van der Waals surface area contributed by atoms with Gasteiger partial charge in [0, 0.05) is 22.1 Å². The number of benzene rings is 2. The molecular formula is C23H21FO6S2. The minimum atomic E-state index is -3.61. The maximum absolute atomic E-state index is 14.0. The molecule has 168 valence electrons. The smallest absolute Gasteiger partial charge is 0.307 e. The molecule has 4 rings (SSSR count). The number of hydrogen-bond acceptors (Lipinski definition) is 7. The van der Waals surface area contributed by atoms with Gasteiger partial charge < -0.3 is 14.2 Å². The Labute approximate surface area is 189 Å². The normalized spacial score (nSPS) is 15.6. The van der Waals surface area contributed by atoms with Crippen LogP contribution >= 0.6 is 11.3 Å². The molecule has 32 heavy (non-hydrogen) atoms. The van der Waals surface area contributed by atoms with E-state index >= 15 is 0 Å². The Balaban J connectivity index is 1.40. The second-order valence-corrected chi connectivity index (χ2v) is 10.3. The molecule has 0 fully saturated rings. The first kappa shape index (κ1) is 22.4. The Morgan fingerprint density at radius 2 is 2.00 bits per heavy atom. The van der Waals surface area contributed by atoms with Crippen molar-refractivity contribution < 1.29 is 31.8 Å². The van der Waals surface area contributed by atoms with Crippen molar-refractivity contribution in [2.45, 2.75) is 37.7 Å². The highest BCUT2D eigenvalue weighted by molar-refractivity contribution is 7.91. The van der Waals surface area contributed by atoms with Gasteiger partial charge in [-0.25, -0.2) is 12.8 Å². The Kier molecular flexibility index (Phi) is 6.59. The molecule has 2 heterocycles. The molecule has 2 aromatic carbocycles. The zero-order valence-electron chi connectivity index (χ0n) is 17.2. The van der Waals surface area contributed by atoms with Crippen molar-refractivity contribution in [2.24, 2.45) is 0 Å². The van der Waals surface area contributed by atoms with Gasteiger partial charge in [0.05, 0.1) is 23.7 Å². The molecule has 0 N–H and O–H groups in total. The standard InChI is InChI=1S/C23H21FO6S2/c1-15-2-4-20(5-3-15)32(26,27)9-7-21(25)28-12-17-10-19(24)11-18-13-29-23(30-22(17)18)16-6-8-31-14-16/h2-6,8,10-11,14,23H,7,9,12-13H2,1H3/t23-/m0/s1. The van der Waals surface area contributed by atoms with Crippen LogP contribution in [-0.2, 0) is 37.3 Å². The third-order valence-corrected chi connectivity index (χ3v) is 7.42. The minimum Gasteiger partial charge on any atom is -0.461 e. The van der Waals surface area contributed by atoms with Crippen LogP contribution in [0.4, 0.5) is 4.39 Å². The lowest BCUT2D eigenvalue weighted by Crippen LogP contribution is -2.19. The van der Waals surface area contributed by atoms with Crippen LogP contribution in [0.15, 0.2) is 58.1 Å². The van der Waals surface area contributed by atoms with E-state index in [0.29, 0.717) is 16.9 Å². The molecule has 0 aliphatic carbocycles. The fraction of sp³-hybridized carbons (Fsp3) is 0.261. The summed E-state index contributed by atoms with van der Waals surface area (Å²) in [6.45, 7) is 1.78. The summed E-state index contributed by atoms with van der Waals surface area (Å²) in [4.78, 5) is 12.4. The van der Waals surface area contributed by atoms with Crippen LogP contribution < -0.4 is 4.74 Å². The Morgan fingerprint density at radius 3 is 2.72 bits per heavy atom. The lowest BCUT2D eigenvalue weighted by molar-refractivity contribution is -0.144. The molecule has 0 bridgehead atoms. The number of hydrogen-bond donors (Lipinski definition) is 0. The van der Waals surface area contributed by atoms with Crippen molar-refractivity contribution >= 4 is 27.1 Å². The van der Waals surface area contributed by atoms with Crippen molar-refractivity contribution in [3.8, 4) is 5.75 Å². The van der Waals surface area contributed by atoms with Crippen LogP contribution in [0.5, 0.6) is 5.75 Å². The third-order valence-electron chi connectivity index (χ3n) is 4.98. The van der Waals surface area contributed by atoms with E-state index in [4.69, 9.17) is 14.2 Å². The molecule has 3 aromatic rings. The summed E-state index contributed by atoms with van der Waals surface area (Å²) in [7, 11) is -3.61. The van der Waals surface area contributed by atoms with Crippen LogP contribution in [-0.4, -0.2) is 20.1 Å². The average molecular weight is 477 g/mol. The number of carbonyl (C=O) groups is 1. The fourth-order valence-electron chi connectivity index (χ4n) is 3.27. The van der Waals surface area contributed by atoms with Gasteiger partial charge in [-0.05, 0) is 42.6 Å². The van der Waals surface area contributed by atoms with Gasteiger partial charge in [0.25, 0.3) is 0 Å². The molecule has 1 atom stereocenters. The maximum atomic E-state index is 14.0. The summed E-state index contributed by atoms with van der Waals surface area (Å²) in [6, 6.07) is 10.9. The number of halogens is 1. The van der Waals surface area contributed by atoms with Gasteiger partial charge in [-0.1, -0.05) is 17.7 Å². The molecule has 0 spiro atoms. The monoisotopic (exact) mass is 476 g/mol. The van der Waals surface area contributed by atoms with E-state index in [1.807, 2.05) is 23.8 Å². The molecule has 1 aliphatic heterocycles. The first-order chi connectivity index (χ1) is 15.3. The topological polar surface area (TPSA) is 78.9 Å². The van der Waals surface area contributed by atoms with Gasteiger partial charge in [0.15, 0.2) is 9.84 Å². The first-order valence-corrected chi connectivity index (χ1v) is 12.5. The van der Waals surface area contributed by atoms with E-state index in [0.717, 1.165) is 11.1 Å². The zero-order chi connectivity index (χ0) is 22.7. The maximum Gasteiger partial charge on any atom is 0.307 e. The molecule has 6 nitrogen and oxygen atoms in total. The first-order valence-electron chi connectivity index (χ1n) is 9.88. The van der Waals surface area contributed by atoms with Gasteiger partial charge in [-0.15, -0.1) is 0 Å². The molecule has 0 saturated carbocycles. The van der Waals surface area contributed by atoms with E-state index in [9.17, 15) is 17.6 Å². The van der Waals surface area contributed by atoms with E-state index in [1.54, 1.807) is 12.1 Å². The highest BCUT2D eigenvalue weighted by Crippen LogP contribution is 2.37. The van der Waals surface area contributed by atoms with E-state index in [2.05, 4.69) is 0 Å². The lowest BCUT2D eigenvalue weighted by Gasteiger charge is -2.27. The fourth-order valence-corrected chi connectivity index (χ4v) is 5.15. The van der Waals surface area contributed by atoms with Crippen LogP contribution in [0.2, 0.25) is 0 Å². The largest absolute Gasteiger partial charge is 0.461 e. The number of sulfone groups is 1. The summed E-state index contributed by atoms with van der Waals surface area (Å²) in [5, 5.41) is 3.79. The zero-order valence-corrected chi connectivity index (χ0v) is 18.9. The molecule has 0 saturated heterocycles. The van der Waals surface area contributed by atoms with Gasteiger partial charge in [0.2, 0.25) is 6.29 Å². The van der Waals surface area contributed by atoms with Gasteiger partial charge in [-0.2, -0.15) is 11.3 Å². The summed E-state index contributed by atoms with van der Waals surface area (Å²) >= 11 is 1.50. The lowest BCUT2D eigenvalue weighted by atomic mass is 10.1. The number of ether oxygens (including phenoxy) is 3. The van der Waals surface area contributed by atoms with Crippen molar-refractivity contribution in [2.75, 3.05) is 5.75 Å². The van der Waals surface area contributed by atoms with E-state index < -0.39 is 27.9 Å². The summed E-state index contributed by atoms with van der Waals surface area (Å²) in [5.74, 6) is -1.16. The average Bonchev–Trinajstić information content (AvgIpc) is 3.31. The summed E-state index contributed by atoms with van der Waals surface area (Å²) < 4.78 is 55.7. The molecule has 0 radical (unpaired) electrons. The highest BCUT2D eigenvalue weighted by atomic mass is 32.2. The summed E-state index contributed by atoms with van der Waals surface area (Å²) in [6.07, 6.45) is -0.941. The molecule has 1 aliphatic rings. The van der Waals surface area contributed by atoms with E-state index in [-0.39, 0.29) is 30.3 Å². The number of aryl methyl sites for hydroxylation is 1. The molecule has 1 aromatic heterocycles. The number of thiophene rings is 1. The van der Waals surface area contributed by atoms with Crippen molar-refractivity contribution in [3.05, 3.63) is 81.3 Å². The van der Waals surface area contributed by atoms with Crippen molar-refractivity contribution in [1.82, 2.24) is 0 Å². The Hall–Kier alpha value is -2.75. The van der Waals surface area contributed by atoms with Crippen LogP contribution in [0.3, 0.4) is 0 Å². The SMILES string of the molecule is Cc1ccc(S(=O)(=O)CCC(=O)OCc2cc(F)cc3c2O[C@@H](c2ccsc2)OC3)cc1. The number of carbonyl (C=O) groups excluding carboxylic acids is 1. The number of rotatable bonds is 7. The minimum absolute atomic E-state index is 0.156. The molecular weight excluding hydrogens is 455 g/mol. The van der Waals surface area contributed by atoms with Crippen LogP contribution in [0.1, 0.15) is 35.0 Å². The highest BCUT2D eigenvalue weighted by Gasteiger charge is 2.26. The Bertz CT molecular complexity index is 1200. The van der Waals surface area contributed by atoms with Gasteiger partial charge >= 0.3 is 5.97 Å². The van der Waals surface area contributed by atoms with Crippen LogP contribution in [0, 0.1) is 12.7 Å². The number of fused-ring (bicyclic) bond motifs is 1. The van der Waals surface area contributed by atoms with Crippen LogP contribution in [0.25, 0.3) is 0 Å². The van der Waals surface area contributed by atoms with Gasteiger partial charge in [0.1, 0.15) is 18.2 Å². The van der Waals surface area contributed by atoms with Crippen molar-refractivity contribution in [3.63, 3.8) is 0 Å². The predicted molar refractivity (Wildman–Crippen MR) is 117 cm³/mol. The van der Waals surface area contributed by atoms with Gasteiger partial charge in [-0.3, -0.25) is 4.79 Å². The molecule has 0 amide bonds. The third kappa shape index (κ3) is 5.17. The van der Waals surface area contributed by atoms with Crippen molar-refractivity contribution in [1.29, 1.82) is 0 Å². The second kappa shape index (κ2) is 9.40. The quantitative estimate of drug-likeness (QED) is 0.460. The number of esters is 1. The Morgan fingerprint density at radius 1 is 1.22 bits per heavy atom. The van der Waals surface area contributed by atoms with E-state index in [1.165, 1.54) is 35.6 Å². The second-order valence-electron chi connectivity index (χ2n) is 7.41. The predicted octanol–water partition coefficient (Wildman–Crippen LogP) is 4.71. The molecule has 9 heteroatoms.